The molecule has 1 amide bonds. The van der Waals surface area contributed by atoms with E-state index in [9.17, 15) is 9.36 Å². The van der Waals surface area contributed by atoms with Gasteiger partial charge in [0.15, 0.2) is 0 Å². The topological polar surface area (TPSA) is 73.9 Å². The summed E-state index contributed by atoms with van der Waals surface area (Å²) in [6.45, 7) is 7.22. The third kappa shape index (κ3) is 6.73. The van der Waals surface area contributed by atoms with E-state index >= 15 is 0 Å². The molecule has 0 fully saturated rings. The van der Waals surface area contributed by atoms with Crippen molar-refractivity contribution >= 4 is 13.7 Å². The molecule has 0 aliphatic heterocycles. The average Bonchev–Trinajstić information content (AvgIpc) is 2.46. The number of nitrogens with one attached hydrogen (secondary N) is 1. The summed E-state index contributed by atoms with van der Waals surface area (Å²) in [5, 5.41) is 2.62. The van der Waals surface area contributed by atoms with Gasteiger partial charge < -0.3 is 19.1 Å². The molecule has 0 aromatic heterocycles. The Labute approximate surface area is 138 Å². The minimum atomic E-state index is -3.51. The quantitative estimate of drug-likeness (QED) is 0.759. The van der Waals surface area contributed by atoms with E-state index in [0.717, 1.165) is 5.56 Å². The molecule has 0 spiro atoms. The number of alkyl carbamates (subject to hydrolysis) is 1. The molecule has 0 bridgehead atoms. The Balaban J connectivity index is 2.96. The maximum atomic E-state index is 12.9. The standard InChI is InChI=1S/C16H26NO5P/c1-6-21-23(19,20-5)14(12-13-10-8-7-9-11-13)17-15(18)22-16(2,3)4/h7-11,14H,6,12H2,1-5H3,(H,17,18)/t14-,23?/m0/s1. The number of hydrogen-bond donors (Lipinski definition) is 1. The minimum Gasteiger partial charge on any atom is -0.444 e. The summed E-state index contributed by atoms with van der Waals surface area (Å²) in [4.78, 5) is 12.1. The van der Waals surface area contributed by atoms with Crippen molar-refractivity contribution in [1.29, 1.82) is 0 Å². The van der Waals surface area contributed by atoms with E-state index in [4.69, 9.17) is 13.8 Å². The van der Waals surface area contributed by atoms with Crippen LogP contribution >= 0.6 is 7.60 Å². The summed E-state index contributed by atoms with van der Waals surface area (Å²) in [5.41, 5.74) is 0.259. The molecule has 7 heteroatoms. The summed E-state index contributed by atoms with van der Waals surface area (Å²) in [5.74, 6) is -0.829. The number of carbonyl (C=O) groups excluding carboxylic acids is 1. The van der Waals surface area contributed by atoms with Crippen molar-refractivity contribution in [2.24, 2.45) is 0 Å². The number of ether oxygens (including phenoxy) is 1. The lowest BCUT2D eigenvalue weighted by atomic mass is 10.1. The monoisotopic (exact) mass is 343 g/mol. The van der Waals surface area contributed by atoms with Crippen LogP contribution < -0.4 is 5.32 Å². The number of hydrogen-bond acceptors (Lipinski definition) is 5. The molecule has 0 heterocycles. The lowest BCUT2D eigenvalue weighted by Gasteiger charge is -2.28. The maximum Gasteiger partial charge on any atom is 0.408 e. The fraction of sp³-hybridized carbons (Fsp3) is 0.562. The zero-order valence-electron chi connectivity index (χ0n) is 14.4. The van der Waals surface area contributed by atoms with Crippen LogP contribution in [0.15, 0.2) is 30.3 Å². The van der Waals surface area contributed by atoms with Crippen LogP contribution in [0.3, 0.4) is 0 Å². The van der Waals surface area contributed by atoms with Crippen molar-refractivity contribution in [2.45, 2.75) is 45.5 Å². The van der Waals surface area contributed by atoms with E-state index in [2.05, 4.69) is 5.32 Å². The first-order chi connectivity index (χ1) is 10.7. The number of benzene rings is 1. The highest BCUT2D eigenvalue weighted by atomic mass is 31.2. The lowest BCUT2D eigenvalue weighted by molar-refractivity contribution is 0.0510. The zero-order chi connectivity index (χ0) is 17.5. The highest BCUT2D eigenvalue weighted by Crippen LogP contribution is 2.52. The predicted molar refractivity (Wildman–Crippen MR) is 89.5 cm³/mol. The van der Waals surface area contributed by atoms with Crippen molar-refractivity contribution in [3.63, 3.8) is 0 Å². The maximum absolute atomic E-state index is 12.9. The highest BCUT2D eigenvalue weighted by molar-refractivity contribution is 7.54. The van der Waals surface area contributed by atoms with Crippen LogP contribution in [-0.4, -0.2) is 31.2 Å². The van der Waals surface area contributed by atoms with Gasteiger partial charge in [0.1, 0.15) is 11.4 Å². The van der Waals surface area contributed by atoms with Crippen LogP contribution in [0.2, 0.25) is 0 Å². The van der Waals surface area contributed by atoms with E-state index < -0.39 is 25.1 Å². The lowest BCUT2D eigenvalue weighted by Crippen LogP contribution is -2.40. The second-order valence-electron chi connectivity index (χ2n) is 5.99. The van der Waals surface area contributed by atoms with Crippen LogP contribution in [0.1, 0.15) is 33.3 Å². The Hall–Kier alpha value is -1.36. The van der Waals surface area contributed by atoms with Crippen LogP contribution in [0, 0.1) is 0 Å². The third-order valence-electron chi connectivity index (χ3n) is 2.90. The highest BCUT2D eigenvalue weighted by Gasteiger charge is 2.37. The van der Waals surface area contributed by atoms with Gasteiger partial charge in [-0.15, -0.1) is 0 Å². The predicted octanol–water partition coefficient (Wildman–Crippen LogP) is 3.96. The Morgan fingerprint density at radius 1 is 1.26 bits per heavy atom. The van der Waals surface area contributed by atoms with Crippen molar-refractivity contribution in [2.75, 3.05) is 13.7 Å². The van der Waals surface area contributed by atoms with E-state index in [-0.39, 0.29) is 6.61 Å². The summed E-state index contributed by atoms with van der Waals surface area (Å²) < 4.78 is 28.5. The van der Waals surface area contributed by atoms with Crippen LogP contribution in [0.25, 0.3) is 0 Å². The fourth-order valence-corrected chi connectivity index (χ4v) is 3.57. The molecule has 23 heavy (non-hydrogen) atoms. The summed E-state index contributed by atoms with van der Waals surface area (Å²) in [7, 11) is -2.20. The molecule has 1 aromatic rings. The molecule has 6 nitrogen and oxygen atoms in total. The molecular weight excluding hydrogens is 317 g/mol. The van der Waals surface area contributed by atoms with Crippen molar-refractivity contribution in [3.8, 4) is 0 Å². The Bertz CT molecular complexity index is 541. The van der Waals surface area contributed by atoms with Gasteiger partial charge in [-0.2, -0.15) is 0 Å². The van der Waals surface area contributed by atoms with Crippen molar-refractivity contribution in [3.05, 3.63) is 35.9 Å². The van der Waals surface area contributed by atoms with Gasteiger partial charge in [0.25, 0.3) is 0 Å². The molecule has 1 rings (SSSR count). The van der Waals surface area contributed by atoms with Gasteiger partial charge in [-0.3, -0.25) is 4.57 Å². The Morgan fingerprint density at radius 2 is 1.87 bits per heavy atom. The normalized spacial score (nSPS) is 15.5. The molecule has 0 aliphatic rings. The minimum absolute atomic E-state index is 0.215. The second kappa shape index (κ2) is 8.48. The molecule has 0 aliphatic carbocycles. The number of rotatable bonds is 7. The zero-order valence-corrected chi connectivity index (χ0v) is 15.3. The molecule has 130 valence electrons. The Morgan fingerprint density at radius 3 is 2.35 bits per heavy atom. The summed E-state index contributed by atoms with van der Waals surface area (Å²) >= 11 is 0. The van der Waals surface area contributed by atoms with Crippen LogP contribution in [0.5, 0.6) is 0 Å². The van der Waals surface area contributed by atoms with Crippen molar-refractivity contribution < 1.29 is 23.1 Å². The van der Waals surface area contributed by atoms with Crippen LogP contribution in [0.4, 0.5) is 4.79 Å². The van der Waals surface area contributed by atoms with Gasteiger partial charge in [0.05, 0.1) is 6.61 Å². The van der Waals surface area contributed by atoms with E-state index in [1.54, 1.807) is 27.7 Å². The smallest absolute Gasteiger partial charge is 0.408 e. The molecular formula is C16H26NO5P. The molecule has 0 radical (unpaired) electrons. The molecule has 1 N–H and O–H groups in total. The van der Waals surface area contributed by atoms with Gasteiger partial charge in [0, 0.05) is 13.5 Å². The second-order valence-corrected chi connectivity index (χ2v) is 8.32. The summed E-state index contributed by atoms with van der Waals surface area (Å²) in [6, 6.07) is 9.40. The summed E-state index contributed by atoms with van der Waals surface area (Å²) in [6.07, 6.45) is -0.346. The first-order valence-corrected chi connectivity index (χ1v) is 9.15. The number of carbonyl (C=O) groups is 1. The first kappa shape index (κ1) is 19.7. The molecule has 0 saturated carbocycles. The van der Waals surface area contributed by atoms with E-state index in [1.807, 2.05) is 30.3 Å². The molecule has 0 saturated heterocycles. The Kier molecular flexibility index (Phi) is 7.26. The molecule has 1 unspecified atom stereocenters. The van der Waals surface area contributed by atoms with Gasteiger partial charge in [-0.1, -0.05) is 30.3 Å². The van der Waals surface area contributed by atoms with Crippen molar-refractivity contribution in [1.82, 2.24) is 5.32 Å². The molecule has 1 aromatic carbocycles. The van der Waals surface area contributed by atoms with Gasteiger partial charge in [-0.25, -0.2) is 4.79 Å². The fourth-order valence-electron chi connectivity index (χ4n) is 1.97. The number of amides is 1. The van der Waals surface area contributed by atoms with Gasteiger partial charge >= 0.3 is 13.7 Å². The van der Waals surface area contributed by atoms with Gasteiger partial charge in [0.2, 0.25) is 0 Å². The molecule has 2 atom stereocenters. The first-order valence-electron chi connectivity index (χ1n) is 7.53. The van der Waals surface area contributed by atoms with Crippen LogP contribution in [-0.2, 0) is 24.8 Å². The van der Waals surface area contributed by atoms with E-state index in [0.29, 0.717) is 6.42 Å². The SMILES string of the molecule is CCOP(=O)(OC)[C@@H](Cc1ccccc1)NC(=O)OC(C)(C)C. The third-order valence-corrected chi connectivity index (χ3v) is 5.10. The van der Waals surface area contributed by atoms with Gasteiger partial charge in [-0.05, 0) is 33.3 Å². The largest absolute Gasteiger partial charge is 0.444 e. The average molecular weight is 343 g/mol. The van der Waals surface area contributed by atoms with E-state index in [1.165, 1.54) is 7.11 Å².